The van der Waals surface area contributed by atoms with Crippen molar-refractivity contribution < 1.29 is 4.74 Å². The van der Waals surface area contributed by atoms with Gasteiger partial charge in [0.1, 0.15) is 0 Å². The highest BCUT2D eigenvalue weighted by Crippen LogP contribution is 2.41. The molecule has 110 valence electrons. The molecule has 0 saturated heterocycles. The number of allylic oxidation sites excluding steroid dienone is 1. The van der Waals surface area contributed by atoms with Crippen molar-refractivity contribution in [2.45, 2.75) is 70.8 Å². The summed E-state index contributed by atoms with van der Waals surface area (Å²) < 4.78 is 5.53. The van der Waals surface area contributed by atoms with Crippen LogP contribution in [-0.2, 0) is 4.74 Å². The number of hydrogen-bond donors (Lipinski definition) is 1. The second-order valence-corrected chi connectivity index (χ2v) is 6.58. The van der Waals surface area contributed by atoms with Gasteiger partial charge >= 0.3 is 0 Å². The molecule has 2 aliphatic rings. The summed E-state index contributed by atoms with van der Waals surface area (Å²) in [7, 11) is 0. The number of rotatable bonds is 5. The van der Waals surface area contributed by atoms with E-state index in [1.54, 1.807) is 0 Å². The van der Waals surface area contributed by atoms with E-state index in [4.69, 9.17) is 10.5 Å². The third-order valence-corrected chi connectivity index (χ3v) is 5.18. The van der Waals surface area contributed by atoms with Crippen LogP contribution in [0.4, 0.5) is 0 Å². The van der Waals surface area contributed by atoms with Crippen LogP contribution in [0.25, 0.3) is 0 Å². The van der Waals surface area contributed by atoms with E-state index in [0.717, 1.165) is 36.5 Å². The molecule has 2 aliphatic carbocycles. The minimum absolute atomic E-state index is 0.444. The van der Waals surface area contributed by atoms with Crippen molar-refractivity contribution in [1.29, 1.82) is 0 Å². The maximum Gasteiger partial charge on any atom is 0.0890 e. The Bertz CT molecular complexity index is 283. The second-order valence-electron chi connectivity index (χ2n) is 6.58. The van der Waals surface area contributed by atoms with Gasteiger partial charge in [0.25, 0.3) is 0 Å². The summed E-state index contributed by atoms with van der Waals surface area (Å²) in [6.07, 6.45) is 11.9. The van der Waals surface area contributed by atoms with Crippen molar-refractivity contribution in [2.24, 2.45) is 23.5 Å². The standard InChI is InChI=1S/C17H31NO/c1-3-19-13(2)11-14-9-10-17(18)16(12-14)15-7-5-4-6-8-15/h14-17H,2-12,18H2,1H3/t14-,16-,17+/m0/s1. The monoisotopic (exact) mass is 265 g/mol. The quantitative estimate of drug-likeness (QED) is 0.754. The van der Waals surface area contributed by atoms with Gasteiger partial charge in [0.15, 0.2) is 0 Å². The Balaban J connectivity index is 1.86. The van der Waals surface area contributed by atoms with Crippen LogP contribution in [0, 0.1) is 17.8 Å². The van der Waals surface area contributed by atoms with Crippen LogP contribution in [0.3, 0.4) is 0 Å². The molecule has 2 N–H and O–H groups in total. The molecule has 2 saturated carbocycles. The van der Waals surface area contributed by atoms with E-state index in [9.17, 15) is 0 Å². The molecule has 3 atom stereocenters. The molecule has 2 rings (SSSR count). The molecule has 0 radical (unpaired) electrons. The van der Waals surface area contributed by atoms with Gasteiger partial charge in [0.05, 0.1) is 12.4 Å². The van der Waals surface area contributed by atoms with Gasteiger partial charge in [-0.2, -0.15) is 0 Å². The Hall–Kier alpha value is -0.500. The highest BCUT2D eigenvalue weighted by atomic mass is 16.5. The summed E-state index contributed by atoms with van der Waals surface area (Å²) in [6.45, 7) is 6.82. The molecule has 0 spiro atoms. The average molecular weight is 265 g/mol. The third kappa shape index (κ3) is 4.24. The van der Waals surface area contributed by atoms with E-state index in [0.29, 0.717) is 6.04 Å². The molecule has 2 fully saturated rings. The van der Waals surface area contributed by atoms with Gasteiger partial charge in [-0.15, -0.1) is 0 Å². The van der Waals surface area contributed by atoms with E-state index in [1.165, 1.54) is 51.4 Å². The van der Waals surface area contributed by atoms with Crippen LogP contribution >= 0.6 is 0 Å². The topological polar surface area (TPSA) is 35.2 Å². The highest BCUT2D eigenvalue weighted by Gasteiger charge is 2.34. The second kappa shape index (κ2) is 7.33. The van der Waals surface area contributed by atoms with Gasteiger partial charge in [-0.25, -0.2) is 0 Å². The van der Waals surface area contributed by atoms with E-state index >= 15 is 0 Å². The summed E-state index contributed by atoms with van der Waals surface area (Å²) in [5, 5.41) is 0. The average Bonchev–Trinajstić information content (AvgIpc) is 2.42. The van der Waals surface area contributed by atoms with Crippen LogP contribution in [-0.4, -0.2) is 12.6 Å². The Kier molecular flexibility index (Phi) is 5.75. The molecule has 2 nitrogen and oxygen atoms in total. The van der Waals surface area contributed by atoms with E-state index < -0.39 is 0 Å². The largest absolute Gasteiger partial charge is 0.499 e. The Morgan fingerprint density at radius 3 is 2.58 bits per heavy atom. The lowest BCUT2D eigenvalue weighted by Gasteiger charge is -2.40. The van der Waals surface area contributed by atoms with Crippen molar-refractivity contribution in [3.05, 3.63) is 12.3 Å². The molecular weight excluding hydrogens is 234 g/mol. The van der Waals surface area contributed by atoms with Crippen molar-refractivity contribution in [3.63, 3.8) is 0 Å². The van der Waals surface area contributed by atoms with E-state index in [-0.39, 0.29) is 0 Å². The first kappa shape index (κ1) is 14.9. The molecule has 0 aromatic heterocycles. The molecule has 0 aliphatic heterocycles. The Morgan fingerprint density at radius 1 is 1.16 bits per heavy atom. The van der Waals surface area contributed by atoms with Crippen molar-refractivity contribution in [1.82, 2.24) is 0 Å². The predicted molar refractivity (Wildman–Crippen MR) is 80.8 cm³/mol. The third-order valence-electron chi connectivity index (χ3n) is 5.18. The molecule has 2 heteroatoms. The summed E-state index contributed by atoms with van der Waals surface area (Å²) >= 11 is 0. The van der Waals surface area contributed by atoms with E-state index in [1.807, 2.05) is 6.92 Å². The predicted octanol–water partition coefficient (Wildman–Crippen LogP) is 4.25. The molecule has 0 bridgehead atoms. The van der Waals surface area contributed by atoms with Gasteiger partial charge in [0.2, 0.25) is 0 Å². The van der Waals surface area contributed by atoms with Gasteiger partial charge in [0, 0.05) is 12.5 Å². The molecule has 0 aromatic rings. The van der Waals surface area contributed by atoms with Crippen LogP contribution in [0.15, 0.2) is 12.3 Å². The van der Waals surface area contributed by atoms with Crippen LogP contribution < -0.4 is 5.73 Å². The van der Waals surface area contributed by atoms with Gasteiger partial charge < -0.3 is 10.5 Å². The number of nitrogens with two attached hydrogens (primary N) is 1. The minimum atomic E-state index is 0.444. The lowest BCUT2D eigenvalue weighted by molar-refractivity contribution is 0.123. The lowest BCUT2D eigenvalue weighted by atomic mass is 9.67. The molecule has 19 heavy (non-hydrogen) atoms. The number of hydrogen-bond acceptors (Lipinski definition) is 2. The summed E-state index contributed by atoms with van der Waals surface area (Å²) in [6, 6.07) is 0.444. The first-order chi connectivity index (χ1) is 9.20. The van der Waals surface area contributed by atoms with Crippen molar-refractivity contribution in [2.75, 3.05) is 6.61 Å². The normalized spacial score (nSPS) is 33.1. The zero-order chi connectivity index (χ0) is 13.7. The highest BCUT2D eigenvalue weighted by molar-refractivity contribution is 4.93. The summed E-state index contributed by atoms with van der Waals surface area (Å²) in [5.41, 5.74) is 6.41. The Labute approximate surface area is 118 Å². The molecule has 0 amide bonds. The molecule has 0 unspecified atom stereocenters. The van der Waals surface area contributed by atoms with Crippen molar-refractivity contribution in [3.8, 4) is 0 Å². The molecule has 0 heterocycles. The maximum atomic E-state index is 6.41. The Morgan fingerprint density at radius 2 is 1.89 bits per heavy atom. The van der Waals surface area contributed by atoms with Gasteiger partial charge in [-0.1, -0.05) is 38.7 Å². The fourth-order valence-electron chi connectivity index (χ4n) is 4.19. The summed E-state index contributed by atoms with van der Waals surface area (Å²) in [5.74, 6) is 3.39. The van der Waals surface area contributed by atoms with Gasteiger partial charge in [-0.3, -0.25) is 0 Å². The first-order valence-electron chi connectivity index (χ1n) is 8.26. The summed E-state index contributed by atoms with van der Waals surface area (Å²) in [4.78, 5) is 0. The van der Waals surface area contributed by atoms with Crippen molar-refractivity contribution >= 4 is 0 Å². The van der Waals surface area contributed by atoms with E-state index in [2.05, 4.69) is 6.58 Å². The lowest BCUT2D eigenvalue weighted by Crippen LogP contribution is -2.41. The number of ether oxygens (including phenoxy) is 1. The van der Waals surface area contributed by atoms with Crippen LogP contribution in [0.2, 0.25) is 0 Å². The SMILES string of the molecule is C=C(C[C@@H]1CC[C@@H](N)[C@H](C2CCCCC2)C1)OCC. The fraction of sp³-hybridized carbons (Fsp3) is 0.882. The smallest absolute Gasteiger partial charge is 0.0890 e. The fourth-order valence-corrected chi connectivity index (χ4v) is 4.19. The minimum Gasteiger partial charge on any atom is -0.499 e. The van der Waals surface area contributed by atoms with Gasteiger partial charge in [-0.05, 0) is 43.9 Å². The van der Waals surface area contributed by atoms with Crippen LogP contribution in [0.5, 0.6) is 0 Å². The molecular formula is C17H31NO. The van der Waals surface area contributed by atoms with Crippen LogP contribution in [0.1, 0.15) is 64.7 Å². The maximum absolute atomic E-state index is 6.41. The zero-order valence-corrected chi connectivity index (χ0v) is 12.6. The molecule has 0 aromatic carbocycles. The first-order valence-corrected chi connectivity index (χ1v) is 8.26. The zero-order valence-electron chi connectivity index (χ0n) is 12.6.